The molecule has 0 spiro atoms. The van der Waals surface area contributed by atoms with Crippen LogP contribution in [0, 0.1) is 0 Å². The molecule has 6 nitrogen and oxygen atoms in total. The van der Waals surface area contributed by atoms with Gasteiger partial charge in [-0.2, -0.15) is 4.31 Å². The standard InChI is InChI=1S/C12H17NO5S/c1-12(14)7-13(8-12)19(15,16)9-4-5-10(17-2)11(6-9)18-3/h4-6,14H,7-8H2,1-3H3. The van der Waals surface area contributed by atoms with Gasteiger partial charge in [-0.25, -0.2) is 8.42 Å². The van der Waals surface area contributed by atoms with Crippen LogP contribution in [-0.2, 0) is 10.0 Å². The third-order valence-electron chi connectivity index (χ3n) is 3.03. The number of aliphatic hydroxyl groups is 1. The number of benzene rings is 1. The van der Waals surface area contributed by atoms with Gasteiger partial charge in [0.2, 0.25) is 10.0 Å². The van der Waals surface area contributed by atoms with Crippen LogP contribution in [0.25, 0.3) is 0 Å². The van der Waals surface area contributed by atoms with Gasteiger partial charge in [0.15, 0.2) is 11.5 Å². The van der Waals surface area contributed by atoms with E-state index in [0.717, 1.165) is 0 Å². The summed E-state index contributed by atoms with van der Waals surface area (Å²) in [7, 11) is -0.661. The highest BCUT2D eigenvalue weighted by atomic mass is 32.2. The fourth-order valence-corrected chi connectivity index (χ4v) is 3.70. The van der Waals surface area contributed by atoms with Crippen LogP contribution in [0.5, 0.6) is 11.5 Å². The molecule has 1 aliphatic rings. The van der Waals surface area contributed by atoms with Crippen LogP contribution in [0.3, 0.4) is 0 Å². The number of nitrogens with zero attached hydrogens (tertiary/aromatic N) is 1. The Morgan fingerprint density at radius 1 is 1.21 bits per heavy atom. The minimum atomic E-state index is -3.59. The van der Waals surface area contributed by atoms with E-state index in [1.165, 1.54) is 30.7 Å². The van der Waals surface area contributed by atoms with Crippen molar-refractivity contribution < 1.29 is 23.0 Å². The largest absolute Gasteiger partial charge is 0.493 e. The first-order chi connectivity index (χ1) is 8.80. The van der Waals surface area contributed by atoms with E-state index < -0.39 is 15.6 Å². The predicted octanol–water partition coefficient (Wildman–Crippen LogP) is 0.459. The Kier molecular flexibility index (Phi) is 3.46. The molecular formula is C12H17NO5S. The summed E-state index contributed by atoms with van der Waals surface area (Å²) < 4.78 is 36.0. The quantitative estimate of drug-likeness (QED) is 0.870. The second-order valence-electron chi connectivity index (χ2n) is 4.79. The summed E-state index contributed by atoms with van der Waals surface area (Å²) in [6, 6.07) is 4.43. The van der Waals surface area contributed by atoms with Gasteiger partial charge in [-0.15, -0.1) is 0 Å². The van der Waals surface area contributed by atoms with Crippen molar-refractivity contribution in [2.24, 2.45) is 0 Å². The highest BCUT2D eigenvalue weighted by molar-refractivity contribution is 7.89. The molecule has 1 N–H and O–H groups in total. The normalized spacial score (nSPS) is 18.7. The molecule has 1 aromatic carbocycles. The smallest absolute Gasteiger partial charge is 0.243 e. The van der Waals surface area contributed by atoms with Gasteiger partial charge in [0, 0.05) is 19.2 Å². The van der Waals surface area contributed by atoms with Gasteiger partial charge in [0.25, 0.3) is 0 Å². The van der Waals surface area contributed by atoms with Crippen LogP contribution in [0.4, 0.5) is 0 Å². The molecule has 2 rings (SSSR count). The van der Waals surface area contributed by atoms with Crippen molar-refractivity contribution in [1.82, 2.24) is 4.31 Å². The third-order valence-corrected chi connectivity index (χ3v) is 4.81. The number of rotatable bonds is 4. The zero-order chi connectivity index (χ0) is 14.3. The fraction of sp³-hybridized carbons (Fsp3) is 0.500. The second-order valence-corrected chi connectivity index (χ2v) is 6.72. The summed E-state index contributed by atoms with van der Waals surface area (Å²) in [4.78, 5) is 0.126. The van der Waals surface area contributed by atoms with Crippen molar-refractivity contribution in [2.75, 3.05) is 27.3 Å². The van der Waals surface area contributed by atoms with Crippen molar-refractivity contribution in [1.29, 1.82) is 0 Å². The average molecular weight is 287 g/mol. The molecule has 1 aliphatic heterocycles. The fourth-order valence-electron chi connectivity index (χ4n) is 2.01. The Bertz CT molecular complexity index is 574. The molecule has 19 heavy (non-hydrogen) atoms. The minimum Gasteiger partial charge on any atom is -0.493 e. The molecular weight excluding hydrogens is 270 g/mol. The number of ether oxygens (including phenoxy) is 2. The Balaban J connectivity index is 2.32. The summed E-state index contributed by atoms with van der Waals surface area (Å²) in [5.41, 5.74) is -0.941. The zero-order valence-corrected chi connectivity index (χ0v) is 11.9. The van der Waals surface area contributed by atoms with E-state index in [4.69, 9.17) is 9.47 Å². The van der Waals surface area contributed by atoms with E-state index in [-0.39, 0.29) is 18.0 Å². The van der Waals surface area contributed by atoms with E-state index in [9.17, 15) is 13.5 Å². The lowest BCUT2D eigenvalue weighted by molar-refractivity contribution is -0.0426. The SMILES string of the molecule is COc1ccc(S(=O)(=O)N2CC(C)(O)C2)cc1OC. The highest BCUT2D eigenvalue weighted by Crippen LogP contribution is 2.33. The van der Waals surface area contributed by atoms with Crippen molar-refractivity contribution in [2.45, 2.75) is 17.4 Å². The molecule has 0 saturated carbocycles. The van der Waals surface area contributed by atoms with E-state index in [1.54, 1.807) is 13.0 Å². The summed E-state index contributed by atoms with van der Waals surface area (Å²) in [6.07, 6.45) is 0. The van der Waals surface area contributed by atoms with E-state index >= 15 is 0 Å². The molecule has 1 aromatic rings. The first-order valence-electron chi connectivity index (χ1n) is 5.75. The van der Waals surface area contributed by atoms with Crippen LogP contribution < -0.4 is 9.47 Å². The zero-order valence-electron chi connectivity index (χ0n) is 11.1. The van der Waals surface area contributed by atoms with E-state index in [0.29, 0.717) is 11.5 Å². The van der Waals surface area contributed by atoms with E-state index in [1.807, 2.05) is 0 Å². The van der Waals surface area contributed by atoms with Gasteiger partial charge in [0.1, 0.15) is 0 Å². The first kappa shape index (κ1) is 14.1. The molecule has 1 heterocycles. The van der Waals surface area contributed by atoms with Gasteiger partial charge >= 0.3 is 0 Å². The summed E-state index contributed by atoms with van der Waals surface area (Å²) >= 11 is 0. The Morgan fingerprint density at radius 3 is 2.26 bits per heavy atom. The first-order valence-corrected chi connectivity index (χ1v) is 7.19. The van der Waals surface area contributed by atoms with Crippen molar-refractivity contribution in [3.8, 4) is 11.5 Å². The number of hydrogen-bond donors (Lipinski definition) is 1. The number of β-amino-alcohol motifs (C(OH)–C–C–N with tert-alkyl or cyclic N) is 1. The number of hydrogen-bond acceptors (Lipinski definition) is 5. The lowest BCUT2D eigenvalue weighted by Crippen LogP contribution is -2.61. The van der Waals surface area contributed by atoms with Gasteiger partial charge in [-0.1, -0.05) is 0 Å². The molecule has 7 heteroatoms. The minimum absolute atomic E-state index is 0.101. The van der Waals surface area contributed by atoms with Gasteiger partial charge < -0.3 is 14.6 Å². The summed E-state index contributed by atoms with van der Waals surface area (Å²) in [5, 5.41) is 9.63. The summed E-state index contributed by atoms with van der Waals surface area (Å²) in [5.74, 6) is 0.827. The maximum atomic E-state index is 12.3. The van der Waals surface area contributed by atoms with Crippen molar-refractivity contribution in [3.05, 3.63) is 18.2 Å². The molecule has 106 valence electrons. The van der Waals surface area contributed by atoms with Crippen LogP contribution in [0.1, 0.15) is 6.92 Å². The maximum Gasteiger partial charge on any atom is 0.243 e. The Hall–Kier alpha value is -1.31. The van der Waals surface area contributed by atoms with Crippen LogP contribution >= 0.6 is 0 Å². The number of methoxy groups -OCH3 is 2. The van der Waals surface area contributed by atoms with Gasteiger partial charge in [-0.3, -0.25) is 0 Å². The number of sulfonamides is 1. The highest BCUT2D eigenvalue weighted by Gasteiger charge is 2.44. The predicted molar refractivity (Wildman–Crippen MR) is 68.9 cm³/mol. The molecule has 0 atom stereocenters. The van der Waals surface area contributed by atoms with Crippen molar-refractivity contribution >= 4 is 10.0 Å². The van der Waals surface area contributed by atoms with Crippen molar-refractivity contribution in [3.63, 3.8) is 0 Å². The molecule has 1 saturated heterocycles. The Morgan fingerprint density at radius 2 is 1.79 bits per heavy atom. The molecule has 1 fully saturated rings. The lowest BCUT2D eigenvalue weighted by atomic mass is 10.0. The molecule has 0 aromatic heterocycles. The molecule has 0 bridgehead atoms. The van der Waals surface area contributed by atoms with Gasteiger partial charge in [0.05, 0.1) is 24.7 Å². The topological polar surface area (TPSA) is 76.1 Å². The monoisotopic (exact) mass is 287 g/mol. The molecule has 0 amide bonds. The average Bonchev–Trinajstić information content (AvgIpc) is 2.34. The Labute approximate surface area is 112 Å². The third kappa shape index (κ3) is 2.54. The van der Waals surface area contributed by atoms with Gasteiger partial charge in [-0.05, 0) is 19.1 Å². The van der Waals surface area contributed by atoms with E-state index in [2.05, 4.69) is 0 Å². The molecule has 0 aliphatic carbocycles. The second kappa shape index (κ2) is 4.66. The molecule has 0 radical (unpaired) electrons. The van der Waals surface area contributed by atoms with Crippen LogP contribution in [-0.4, -0.2) is 50.7 Å². The van der Waals surface area contributed by atoms with Crippen LogP contribution in [0.15, 0.2) is 23.1 Å². The maximum absolute atomic E-state index is 12.3. The van der Waals surface area contributed by atoms with Crippen LogP contribution in [0.2, 0.25) is 0 Å². The summed E-state index contributed by atoms with van der Waals surface area (Å²) in [6.45, 7) is 1.81. The molecule has 0 unspecified atom stereocenters. The lowest BCUT2D eigenvalue weighted by Gasteiger charge is -2.42.